The smallest absolute Gasteiger partial charge is 0.312 e. The minimum absolute atomic E-state index is 0.0555. The van der Waals surface area contributed by atoms with Crippen LogP contribution in [0, 0.1) is 0 Å². The summed E-state index contributed by atoms with van der Waals surface area (Å²) in [6, 6.07) is 7.94. The Bertz CT molecular complexity index is 451. The molecule has 5 heteroatoms. The highest BCUT2D eigenvalue weighted by Gasteiger charge is 2.03. The normalized spacial score (nSPS) is 10.3. The van der Waals surface area contributed by atoms with E-state index in [1.165, 1.54) is 5.56 Å². The van der Waals surface area contributed by atoms with E-state index in [-0.39, 0.29) is 12.6 Å². The number of aromatic nitrogens is 2. The lowest BCUT2D eigenvalue weighted by Crippen LogP contribution is -1.95. The van der Waals surface area contributed by atoms with E-state index in [0.717, 1.165) is 12.2 Å². The van der Waals surface area contributed by atoms with E-state index in [0.29, 0.717) is 5.89 Å². The lowest BCUT2D eigenvalue weighted by atomic mass is 10.2. The Kier molecular flexibility index (Phi) is 3.05. The molecule has 2 N–H and O–H groups in total. The highest BCUT2D eigenvalue weighted by molar-refractivity contribution is 5.27. The zero-order chi connectivity index (χ0) is 11.4. The van der Waals surface area contributed by atoms with Gasteiger partial charge in [-0.25, -0.2) is 0 Å². The zero-order valence-electron chi connectivity index (χ0n) is 9.01. The summed E-state index contributed by atoms with van der Waals surface area (Å²) in [6.45, 7) is 2.34. The van der Waals surface area contributed by atoms with Crippen LogP contribution in [0.3, 0.4) is 0 Å². The van der Waals surface area contributed by atoms with Gasteiger partial charge in [0.2, 0.25) is 0 Å². The molecule has 1 aromatic carbocycles. The number of nitrogens with two attached hydrogens (primary N) is 1. The topological polar surface area (TPSA) is 74.2 Å². The van der Waals surface area contributed by atoms with E-state index in [1.807, 2.05) is 24.3 Å². The van der Waals surface area contributed by atoms with Crippen molar-refractivity contribution in [2.45, 2.75) is 20.0 Å². The van der Waals surface area contributed by atoms with Crippen LogP contribution in [0.25, 0.3) is 0 Å². The molecule has 0 aliphatic heterocycles. The molecular weight excluding hydrogens is 206 g/mol. The molecule has 0 atom stereocenters. The Morgan fingerprint density at radius 3 is 2.56 bits per heavy atom. The van der Waals surface area contributed by atoms with Crippen molar-refractivity contribution in [2.24, 2.45) is 0 Å². The molecule has 2 rings (SSSR count). The van der Waals surface area contributed by atoms with Gasteiger partial charge in [0, 0.05) is 0 Å². The van der Waals surface area contributed by atoms with Crippen LogP contribution in [-0.4, -0.2) is 10.2 Å². The maximum Gasteiger partial charge on any atom is 0.312 e. The number of hydrogen-bond acceptors (Lipinski definition) is 5. The standard InChI is InChI=1S/C11H13N3O2/c1-2-8-3-5-9(6-4-8)15-7-10-13-14-11(12)16-10/h3-6H,2,7H2,1H3,(H2,12,14). The molecule has 0 bridgehead atoms. The molecule has 0 amide bonds. The third-order valence-electron chi connectivity index (χ3n) is 2.18. The zero-order valence-corrected chi connectivity index (χ0v) is 9.01. The Labute approximate surface area is 93.2 Å². The Morgan fingerprint density at radius 2 is 2.00 bits per heavy atom. The first kappa shape index (κ1) is 10.5. The van der Waals surface area contributed by atoms with Gasteiger partial charge in [-0.3, -0.25) is 0 Å². The average Bonchev–Trinajstić information content (AvgIpc) is 2.73. The van der Waals surface area contributed by atoms with Crippen LogP contribution in [0.4, 0.5) is 6.01 Å². The van der Waals surface area contributed by atoms with Crippen molar-refractivity contribution in [3.05, 3.63) is 35.7 Å². The SMILES string of the molecule is CCc1ccc(OCc2nnc(N)o2)cc1. The third kappa shape index (κ3) is 2.50. The van der Waals surface area contributed by atoms with E-state index in [2.05, 4.69) is 17.1 Å². The molecule has 0 radical (unpaired) electrons. The molecule has 2 aromatic rings. The number of nitrogens with zero attached hydrogens (tertiary/aromatic N) is 2. The largest absolute Gasteiger partial charge is 0.484 e. The van der Waals surface area contributed by atoms with E-state index in [9.17, 15) is 0 Å². The fraction of sp³-hybridized carbons (Fsp3) is 0.273. The van der Waals surface area contributed by atoms with Crippen molar-refractivity contribution in [1.82, 2.24) is 10.2 Å². The number of aryl methyl sites for hydroxylation is 1. The molecule has 16 heavy (non-hydrogen) atoms. The minimum atomic E-state index is 0.0555. The molecule has 0 aliphatic rings. The summed E-state index contributed by atoms with van der Waals surface area (Å²) in [5, 5.41) is 7.24. The highest BCUT2D eigenvalue weighted by atomic mass is 16.5. The van der Waals surface area contributed by atoms with Crippen molar-refractivity contribution in [3.63, 3.8) is 0 Å². The van der Waals surface area contributed by atoms with E-state index in [4.69, 9.17) is 14.9 Å². The monoisotopic (exact) mass is 219 g/mol. The van der Waals surface area contributed by atoms with Crippen LogP contribution in [0.1, 0.15) is 18.4 Å². The molecule has 0 fully saturated rings. The van der Waals surface area contributed by atoms with Crippen molar-refractivity contribution in [1.29, 1.82) is 0 Å². The average molecular weight is 219 g/mol. The maximum absolute atomic E-state index is 5.45. The second-order valence-corrected chi connectivity index (χ2v) is 3.32. The Balaban J connectivity index is 1.94. The van der Waals surface area contributed by atoms with Crippen molar-refractivity contribution in [2.75, 3.05) is 5.73 Å². The Hall–Kier alpha value is -2.04. The summed E-state index contributed by atoms with van der Waals surface area (Å²) in [4.78, 5) is 0. The summed E-state index contributed by atoms with van der Waals surface area (Å²) >= 11 is 0. The van der Waals surface area contributed by atoms with Crippen molar-refractivity contribution < 1.29 is 9.15 Å². The first-order valence-corrected chi connectivity index (χ1v) is 5.07. The lowest BCUT2D eigenvalue weighted by molar-refractivity contribution is 0.265. The fourth-order valence-corrected chi connectivity index (χ4v) is 1.29. The van der Waals surface area contributed by atoms with Gasteiger partial charge in [-0.05, 0) is 24.1 Å². The molecule has 0 saturated heterocycles. The number of hydrogen-bond donors (Lipinski definition) is 1. The fourth-order valence-electron chi connectivity index (χ4n) is 1.29. The van der Waals surface area contributed by atoms with Crippen LogP contribution in [0.2, 0.25) is 0 Å². The predicted octanol–water partition coefficient (Wildman–Crippen LogP) is 1.79. The lowest BCUT2D eigenvalue weighted by Gasteiger charge is -2.03. The van der Waals surface area contributed by atoms with E-state index >= 15 is 0 Å². The van der Waals surface area contributed by atoms with Gasteiger partial charge in [-0.2, -0.15) is 0 Å². The van der Waals surface area contributed by atoms with Crippen molar-refractivity contribution in [3.8, 4) is 5.75 Å². The first-order valence-electron chi connectivity index (χ1n) is 5.07. The number of ether oxygens (including phenoxy) is 1. The van der Waals surface area contributed by atoms with Crippen LogP contribution in [-0.2, 0) is 13.0 Å². The summed E-state index contributed by atoms with van der Waals surface area (Å²) in [5.41, 5.74) is 6.56. The molecule has 0 saturated carbocycles. The van der Waals surface area contributed by atoms with Gasteiger partial charge in [0.1, 0.15) is 5.75 Å². The van der Waals surface area contributed by atoms with E-state index in [1.54, 1.807) is 0 Å². The van der Waals surface area contributed by atoms with Gasteiger partial charge in [0.05, 0.1) is 0 Å². The Morgan fingerprint density at radius 1 is 1.25 bits per heavy atom. The quantitative estimate of drug-likeness (QED) is 0.848. The summed E-state index contributed by atoms with van der Waals surface area (Å²) < 4.78 is 10.4. The van der Waals surface area contributed by atoms with Crippen LogP contribution in [0.15, 0.2) is 28.7 Å². The number of anilines is 1. The maximum atomic E-state index is 5.45. The van der Waals surface area contributed by atoms with Gasteiger partial charge in [-0.15, -0.1) is 5.10 Å². The number of nitrogen functional groups attached to an aromatic ring is 1. The van der Waals surface area contributed by atoms with Crippen LogP contribution >= 0.6 is 0 Å². The van der Waals surface area contributed by atoms with Gasteiger partial charge < -0.3 is 14.9 Å². The molecular formula is C11H13N3O2. The van der Waals surface area contributed by atoms with Crippen molar-refractivity contribution >= 4 is 6.01 Å². The highest BCUT2D eigenvalue weighted by Crippen LogP contribution is 2.14. The van der Waals surface area contributed by atoms with Crippen LogP contribution in [0.5, 0.6) is 5.75 Å². The third-order valence-corrected chi connectivity index (χ3v) is 2.18. The van der Waals surface area contributed by atoms with Gasteiger partial charge in [0.15, 0.2) is 6.61 Å². The molecule has 1 aromatic heterocycles. The first-order chi connectivity index (χ1) is 7.78. The van der Waals surface area contributed by atoms with Gasteiger partial charge in [0.25, 0.3) is 5.89 Å². The molecule has 0 spiro atoms. The number of rotatable bonds is 4. The predicted molar refractivity (Wildman–Crippen MR) is 58.9 cm³/mol. The second kappa shape index (κ2) is 4.65. The molecule has 84 valence electrons. The second-order valence-electron chi connectivity index (χ2n) is 3.32. The number of benzene rings is 1. The minimum Gasteiger partial charge on any atom is -0.484 e. The van der Waals surface area contributed by atoms with Gasteiger partial charge in [-0.1, -0.05) is 24.2 Å². The van der Waals surface area contributed by atoms with Gasteiger partial charge >= 0.3 is 6.01 Å². The van der Waals surface area contributed by atoms with Crippen LogP contribution < -0.4 is 10.5 Å². The summed E-state index contributed by atoms with van der Waals surface area (Å²) in [5.74, 6) is 1.14. The molecule has 0 aliphatic carbocycles. The summed E-state index contributed by atoms with van der Waals surface area (Å²) in [6.07, 6.45) is 1.01. The molecule has 0 unspecified atom stereocenters. The molecule has 5 nitrogen and oxygen atoms in total. The summed E-state index contributed by atoms with van der Waals surface area (Å²) in [7, 11) is 0. The molecule has 1 heterocycles. The van der Waals surface area contributed by atoms with E-state index < -0.39 is 0 Å².